The molecule has 59 valence electrons. The highest BCUT2D eigenvalue weighted by atomic mass is 14.3. The summed E-state index contributed by atoms with van der Waals surface area (Å²) in [7, 11) is 0. The van der Waals surface area contributed by atoms with Gasteiger partial charge in [0.15, 0.2) is 0 Å². The molecule has 1 fully saturated rings. The molecule has 10 heavy (non-hydrogen) atoms. The molecular weight excluding hydrogens is 120 g/mol. The van der Waals surface area contributed by atoms with Crippen molar-refractivity contribution >= 4 is 0 Å². The van der Waals surface area contributed by atoms with Gasteiger partial charge in [-0.3, -0.25) is 0 Å². The lowest BCUT2D eigenvalue weighted by molar-refractivity contribution is 0.217. The normalized spacial score (nSPS) is 39.6. The second-order valence-electron chi connectivity index (χ2n) is 4.68. The van der Waals surface area contributed by atoms with Gasteiger partial charge in [-0.05, 0) is 36.5 Å². The first-order valence-electron chi connectivity index (χ1n) is 4.36. The molecule has 0 aromatic heterocycles. The zero-order chi connectivity index (χ0) is 7.78. The zero-order valence-electron chi connectivity index (χ0n) is 7.65. The number of hydrogen-bond donors (Lipinski definition) is 0. The van der Waals surface area contributed by atoms with Crippen molar-refractivity contribution in [1.29, 1.82) is 0 Å². The highest BCUT2D eigenvalue weighted by Gasteiger charge is 2.29. The first-order valence-corrected chi connectivity index (χ1v) is 4.36. The van der Waals surface area contributed by atoms with E-state index < -0.39 is 0 Å². The minimum atomic E-state index is 0.497. The van der Waals surface area contributed by atoms with Crippen LogP contribution in [-0.4, -0.2) is 0 Å². The van der Waals surface area contributed by atoms with E-state index in [0.29, 0.717) is 5.41 Å². The van der Waals surface area contributed by atoms with Gasteiger partial charge < -0.3 is 0 Å². The van der Waals surface area contributed by atoms with Crippen molar-refractivity contribution in [2.75, 3.05) is 0 Å². The van der Waals surface area contributed by atoms with E-state index in [1.807, 2.05) is 0 Å². The van der Waals surface area contributed by atoms with Gasteiger partial charge in [0, 0.05) is 0 Å². The summed E-state index contributed by atoms with van der Waals surface area (Å²) in [6.07, 6.45) is 5.27. The molecular formula is C10H19. The standard InChI is InChI=1S/C10H19/c1-8-5-9(2)7-10(3,4)6-8/h6,8-9H,5,7H2,1-4H3. The van der Waals surface area contributed by atoms with Gasteiger partial charge in [0.1, 0.15) is 0 Å². The van der Waals surface area contributed by atoms with Crippen molar-refractivity contribution in [3.63, 3.8) is 0 Å². The lowest BCUT2D eigenvalue weighted by Gasteiger charge is -2.37. The van der Waals surface area contributed by atoms with Gasteiger partial charge in [0.25, 0.3) is 0 Å². The van der Waals surface area contributed by atoms with Crippen LogP contribution in [0.3, 0.4) is 0 Å². The summed E-state index contributed by atoms with van der Waals surface area (Å²) in [5.74, 6) is 1.76. The average molecular weight is 139 g/mol. The first-order chi connectivity index (χ1) is 4.49. The third-order valence-electron chi connectivity index (χ3n) is 2.38. The van der Waals surface area contributed by atoms with Crippen molar-refractivity contribution in [3.8, 4) is 0 Å². The Labute approximate surface area is 65.0 Å². The molecule has 0 spiro atoms. The monoisotopic (exact) mass is 139 g/mol. The predicted octanol–water partition coefficient (Wildman–Crippen LogP) is 3.28. The zero-order valence-corrected chi connectivity index (χ0v) is 7.65. The van der Waals surface area contributed by atoms with Crippen LogP contribution in [0.4, 0.5) is 0 Å². The molecule has 2 atom stereocenters. The van der Waals surface area contributed by atoms with Crippen LogP contribution >= 0.6 is 0 Å². The molecule has 0 aromatic rings. The molecule has 1 rings (SSSR count). The summed E-state index contributed by atoms with van der Waals surface area (Å²) in [6.45, 7) is 9.39. The molecule has 1 aliphatic carbocycles. The fraction of sp³-hybridized carbons (Fsp3) is 0.900. The minimum Gasteiger partial charge on any atom is -0.0625 e. The second kappa shape index (κ2) is 2.56. The maximum Gasteiger partial charge on any atom is -0.0301 e. The molecule has 0 bridgehead atoms. The molecule has 1 radical (unpaired) electrons. The van der Waals surface area contributed by atoms with E-state index in [-0.39, 0.29) is 0 Å². The topological polar surface area (TPSA) is 0 Å². The van der Waals surface area contributed by atoms with Gasteiger partial charge in [0.2, 0.25) is 0 Å². The first kappa shape index (κ1) is 8.10. The Balaban J connectivity index is 2.51. The van der Waals surface area contributed by atoms with Crippen LogP contribution in [0.15, 0.2) is 0 Å². The van der Waals surface area contributed by atoms with E-state index in [2.05, 4.69) is 34.1 Å². The van der Waals surface area contributed by atoms with Gasteiger partial charge in [-0.25, -0.2) is 0 Å². The number of rotatable bonds is 0. The van der Waals surface area contributed by atoms with Crippen LogP contribution in [-0.2, 0) is 0 Å². The minimum absolute atomic E-state index is 0.497. The second-order valence-corrected chi connectivity index (χ2v) is 4.68. The Morgan fingerprint density at radius 1 is 1.30 bits per heavy atom. The number of hydrogen-bond acceptors (Lipinski definition) is 0. The van der Waals surface area contributed by atoms with E-state index in [1.54, 1.807) is 0 Å². The molecule has 0 heteroatoms. The van der Waals surface area contributed by atoms with Crippen LogP contribution < -0.4 is 0 Å². The van der Waals surface area contributed by atoms with E-state index in [9.17, 15) is 0 Å². The summed E-state index contributed by atoms with van der Waals surface area (Å²) >= 11 is 0. The van der Waals surface area contributed by atoms with Crippen LogP contribution in [0.5, 0.6) is 0 Å². The van der Waals surface area contributed by atoms with E-state index in [4.69, 9.17) is 0 Å². The maximum absolute atomic E-state index is 2.51. The smallest absolute Gasteiger partial charge is 0.0301 e. The van der Waals surface area contributed by atoms with E-state index >= 15 is 0 Å². The lowest BCUT2D eigenvalue weighted by atomic mass is 9.69. The van der Waals surface area contributed by atoms with Crippen molar-refractivity contribution < 1.29 is 0 Å². The molecule has 1 saturated carbocycles. The summed E-state index contributed by atoms with van der Waals surface area (Å²) in [6, 6.07) is 0. The molecule has 0 N–H and O–H groups in total. The van der Waals surface area contributed by atoms with Crippen molar-refractivity contribution in [2.45, 2.75) is 40.5 Å². The van der Waals surface area contributed by atoms with Gasteiger partial charge in [-0.1, -0.05) is 27.7 Å². The highest BCUT2D eigenvalue weighted by molar-refractivity contribution is 4.94. The fourth-order valence-corrected chi connectivity index (χ4v) is 2.52. The van der Waals surface area contributed by atoms with Crippen molar-refractivity contribution in [3.05, 3.63) is 6.42 Å². The van der Waals surface area contributed by atoms with Gasteiger partial charge in [0.05, 0.1) is 0 Å². The van der Waals surface area contributed by atoms with Crippen LogP contribution in [0.2, 0.25) is 0 Å². The van der Waals surface area contributed by atoms with Crippen LogP contribution in [0.25, 0.3) is 0 Å². The Kier molecular flexibility index (Phi) is 2.07. The van der Waals surface area contributed by atoms with Gasteiger partial charge >= 0.3 is 0 Å². The quantitative estimate of drug-likeness (QED) is 0.483. The Morgan fingerprint density at radius 2 is 1.90 bits per heavy atom. The fourth-order valence-electron chi connectivity index (χ4n) is 2.52. The lowest BCUT2D eigenvalue weighted by Crippen LogP contribution is -2.26. The maximum atomic E-state index is 2.51. The summed E-state index contributed by atoms with van der Waals surface area (Å²) in [4.78, 5) is 0. The molecule has 1 aliphatic rings. The molecule has 2 unspecified atom stereocenters. The SMILES string of the molecule is CC1[CH]C(C)(C)CC(C)C1. The average Bonchev–Trinajstić information content (AvgIpc) is 1.54. The van der Waals surface area contributed by atoms with Crippen LogP contribution in [0, 0.1) is 23.7 Å². The Bertz CT molecular complexity index is 101. The molecule has 0 amide bonds. The van der Waals surface area contributed by atoms with Gasteiger partial charge in [-0.2, -0.15) is 0 Å². The van der Waals surface area contributed by atoms with E-state index in [1.165, 1.54) is 12.8 Å². The third-order valence-corrected chi connectivity index (χ3v) is 2.38. The van der Waals surface area contributed by atoms with Crippen molar-refractivity contribution in [2.24, 2.45) is 17.3 Å². The van der Waals surface area contributed by atoms with Crippen molar-refractivity contribution in [1.82, 2.24) is 0 Å². The molecule has 0 heterocycles. The molecule has 0 aromatic carbocycles. The predicted molar refractivity (Wildman–Crippen MR) is 45.6 cm³/mol. The molecule has 0 saturated heterocycles. The summed E-state index contributed by atoms with van der Waals surface area (Å²) in [5, 5.41) is 0. The molecule has 0 nitrogen and oxygen atoms in total. The Hall–Kier alpha value is 0. The summed E-state index contributed by atoms with van der Waals surface area (Å²) in [5.41, 5.74) is 0.497. The highest BCUT2D eigenvalue weighted by Crippen LogP contribution is 2.40. The Morgan fingerprint density at radius 3 is 2.30 bits per heavy atom. The largest absolute Gasteiger partial charge is 0.0625 e. The molecule has 0 aliphatic heterocycles. The van der Waals surface area contributed by atoms with E-state index in [0.717, 1.165) is 11.8 Å². The third kappa shape index (κ3) is 2.00. The van der Waals surface area contributed by atoms with Crippen LogP contribution in [0.1, 0.15) is 40.5 Å². The van der Waals surface area contributed by atoms with Gasteiger partial charge in [-0.15, -0.1) is 0 Å². The summed E-state index contributed by atoms with van der Waals surface area (Å²) < 4.78 is 0.